The monoisotopic (exact) mass is 295 g/mol. The number of unbranched alkanes of at least 4 members (excludes halogenated alkanes) is 1. The maximum atomic E-state index is 13.7. The Morgan fingerprint density at radius 2 is 2.19 bits per heavy atom. The molecule has 0 atom stereocenters. The molecule has 0 heterocycles. The summed E-state index contributed by atoms with van der Waals surface area (Å²) < 4.78 is 18.9. The maximum absolute atomic E-state index is 13.7. The molecule has 1 aromatic rings. The summed E-state index contributed by atoms with van der Waals surface area (Å²) in [7, 11) is 0. The van der Waals surface area contributed by atoms with Gasteiger partial charge in [0.1, 0.15) is 0 Å². The molecule has 0 fully saturated rings. The van der Waals surface area contributed by atoms with Crippen LogP contribution in [0.15, 0.2) is 24.3 Å². The summed E-state index contributed by atoms with van der Waals surface area (Å²) in [4.78, 5) is 22.0. The van der Waals surface area contributed by atoms with E-state index in [0.29, 0.717) is 6.54 Å². The number of nitrogens with one attached hydrogen (secondary N) is 1. The van der Waals surface area contributed by atoms with Crippen LogP contribution in [0.2, 0.25) is 0 Å². The van der Waals surface area contributed by atoms with E-state index in [0.717, 1.165) is 18.9 Å². The standard InChI is InChI=1S/C15H18FNO4/c1-2-3-9-17-13(18)10-21-15-11(7-8-14(19)20)5-4-6-12(15)16/h4-8H,2-3,9-10H2,1H3,(H,17,18)(H,19,20)/b8-7+. The highest BCUT2D eigenvalue weighted by Gasteiger charge is 2.10. The van der Waals surface area contributed by atoms with Crippen LogP contribution in [0.25, 0.3) is 6.08 Å². The van der Waals surface area contributed by atoms with Gasteiger partial charge in [0, 0.05) is 18.2 Å². The van der Waals surface area contributed by atoms with Crippen LogP contribution in [0.4, 0.5) is 4.39 Å². The highest BCUT2D eigenvalue weighted by molar-refractivity contribution is 5.86. The summed E-state index contributed by atoms with van der Waals surface area (Å²) in [5, 5.41) is 11.2. The van der Waals surface area contributed by atoms with Crippen molar-refractivity contribution in [1.82, 2.24) is 5.32 Å². The van der Waals surface area contributed by atoms with Crippen LogP contribution in [0.5, 0.6) is 5.75 Å². The molecule has 0 aliphatic carbocycles. The van der Waals surface area contributed by atoms with Gasteiger partial charge in [0.15, 0.2) is 18.2 Å². The fourth-order valence-corrected chi connectivity index (χ4v) is 1.56. The molecule has 5 nitrogen and oxygen atoms in total. The summed E-state index contributed by atoms with van der Waals surface area (Å²) in [5.41, 5.74) is 0.263. The first kappa shape index (κ1) is 16.7. The van der Waals surface area contributed by atoms with Gasteiger partial charge >= 0.3 is 5.97 Å². The molecule has 114 valence electrons. The second-order valence-corrected chi connectivity index (χ2v) is 4.32. The van der Waals surface area contributed by atoms with E-state index < -0.39 is 11.8 Å². The highest BCUT2D eigenvalue weighted by atomic mass is 19.1. The number of carboxylic acids is 1. The molecule has 0 bridgehead atoms. The average Bonchev–Trinajstić information content (AvgIpc) is 2.44. The quantitative estimate of drug-likeness (QED) is 0.569. The Bertz CT molecular complexity index is 528. The van der Waals surface area contributed by atoms with Gasteiger partial charge in [0.2, 0.25) is 0 Å². The zero-order valence-electron chi connectivity index (χ0n) is 11.8. The fourth-order valence-electron chi connectivity index (χ4n) is 1.56. The maximum Gasteiger partial charge on any atom is 0.328 e. The molecule has 0 aliphatic rings. The number of carboxylic acid groups (broad SMARTS) is 1. The molecule has 21 heavy (non-hydrogen) atoms. The van der Waals surface area contributed by atoms with Crippen molar-refractivity contribution in [2.45, 2.75) is 19.8 Å². The third kappa shape index (κ3) is 6.07. The topological polar surface area (TPSA) is 75.6 Å². The Morgan fingerprint density at radius 1 is 1.43 bits per heavy atom. The second kappa shape index (κ2) is 8.73. The number of amides is 1. The van der Waals surface area contributed by atoms with Crippen LogP contribution >= 0.6 is 0 Å². The number of rotatable bonds is 8. The predicted molar refractivity (Wildman–Crippen MR) is 76.5 cm³/mol. The van der Waals surface area contributed by atoms with Crippen LogP contribution in [0, 0.1) is 5.82 Å². The normalized spacial score (nSPS) is 10.6. The van der Waals surface area contributed by atoms with Crippen molar-refractivity contribution in [2.75, 3.05) is 13.2 Å². The van der Waals surface area contributed by atoms with Gasteiger partial charge < -0.3 is 15.2 Å². The van der Waals surface area contributed by atoms with Gasteiger partial charge in [-0.3, -0.25) is 4.79 Å². The lowest BCUT2D eigenvalue weighted by molar-refractivity contribution is -0.131. The number of hydrogen-bond acceptors (Lipinski definition) is 3. The Morgan fingerprint density at radius 3 is 2.86 bits per heavy atom. The average molecular weight is 295 g/mol. The van der Waals surface area contributed by atoms with Crippen molar-refractivity contribution in [3.63, 3.8) is 0 Å². The van der Waals surface area contributed by atoms with Crippen LogP contribution < -0.4 is 10.1 Å². The van der Waals surface area contributed by atoms with Crippen molar-refractivity contribution >= 4 is 18.0 Å². The van der Waals surface area contributed by atoms with Gasteiger partial charge in [-0.05, 0) is 18.6 Å². The van der Waals surface area contributed by atoms with E-state index in [1.54, 1.807) is 0 Å². The van der Waals surface area contributed by atoms with Crippen molar-refractivity contribution in [2.24, 2.45) is 0 Å². The van der Waals surface area contributed by atoms with E-state index in [-0.39, 0.29) is 23.8 Å². The minimum absolute atomic E-state index is 0.138. The summed E-state index contributed by atoms with van der Waals surface area (Å²) in [6.07, 6.45) is 3.91. The molecule has 0 saturated heterocycles. The second-order valence-electron chi connectivity index (χ2n) is 4.32. The number of carbonyl (C=O) groups excluding carboxylic acids is 1. The molecule has 0 unspecified atom stereocenters. The molecule has 1 amide bonds. The lowest BCUT2D eigenvalue weighted by Gasteiger charge is -2.10. The summed E-state index contributed by atoms with van der Waals surface area (Å²) in [6.45, 7) is 2.23. The van der Waals surface area contributed by atoms with Crippen molar-refractivity contribution in [1.29, 1.82) is 0 Å². The van der Waals surface area contributed by atoms with Crippen LogP contribution in [0.3, 0.4) is 0 Å². The SMILES string of the molecule is CCCCNC(=O)COc1c(F)cccc1/C=C/C(=O)O. The van der Waals surface area contributed by atoms with E-state index >= 15 is 0 Å². The van der Waals surface area contributed by atoms with Crippen LogP contribution in [-0.4, -0.2) is 30.1 Å². The van der Waals surface area contributed by atoms with Crippen molar-refractivity contribution < 1.29 is 23.8 Å². The lowest BCUT2D eigenvalue weighted by Crippen LogP contribution is -2.29. The first-order valence-corrected chi connectivity index (χ1v) is 6.63. The molecule has 6 heteroatoms. The largest absolute Gasteiger partial charge is 0.480 e. The number of hydrogen-bond donors (Lipinski definition) is 2. The van der Waals surface area contributed by atoms with E-state index in [1.807, 2.05) is 6.92 Å². The summed E-state index contributed by atoms with van der Waals surface area (Å²) >= 11 is 0. The van der Waals surface area contributed by atoms with Gasteiger partial charge in [-0.15, -0.1) is 0 Å². The number of aliphatic carboxylic acids is 1. The van der Waals surface area contributed by atoms with Gasteiger partial charge in [0.25, 0.3) is 5.91 Å². The van der Waals surface area contributed by atoms with Gasteiger partial charge in [-0.1, -0.05) is 25.5 Å². The van der Waals surface area contributed by atoms with Crippen molar-refractivity contribution in [3.05, 3.63) is 35.7 Å². The van der Waals surface area contributed by atoms with Gasteiger partial charge in [0.05, 0.1) is 0 Å². The molecule has 0 saturated carbocycles. The minimum atomic E-state index is -1.15. The van der Waals surface area contributed by atoms with E-state index in [1.165, 1.54) is 24.3 Å². The number of ether oxygens (including phenoxy) is 1. The predicted octanol–water partition coefficient (Wildman–Crippen LogP) is 2.22. The summed E-state index contributed by atoms with van der Waals surface area (Å²) in [5.74, 6) is -2.29. The number of benzene rings is 1. The highest BCUT2D eigenvalue weighted by Crippen LogP contribution is 2.23. The Labute approximate surface area is 122 Å². The smallest absolute Gasteiger partial charge is 0.328 e. The fraction of sp³-hybridized carbons (Fsp3) is 0.333. The molecule has 0 aliphatic heterocycles. The summed E-state index contributed by atoms with van der Waals surface area (Å²) in [6, 6.07) is 4.13. The van der Waals surface area contributed by atoms with Crippen LogP contribution in [0.1, 0.15) is 25.3 Å². The van der Waals surface area contributed by atoms with Gasteiger partial charge in [-0.25, -0.2) is 9.18 Å². The molecule has 0 radical (unpaired) electrons. The Balaban J connectivity index is 2.69. The Hall–Kier alpha value is -2.37. The molecular formula is C15H18FNO4. The van der Waals surface area contributed by atoms with Crippen LogP contribution in [-0.2, 0) is 9.59 Å². The third-order valence-electron chi connectivity index (χ3n) is 2.60. The number of para-hydroxylation sites is 1. The van der Waals surface area contributed by atoms with Gasteiger partial charge in [-0.2, -0.15) is 0 Å². The van der Waals surface area contributed by atoms with E-state index in [2.05, 4.69) is 5.32 Å². The molecule has 0 aromatic heterocycles. The minimum Gasteiger partial charge on any atom is -0.480 e. The van der Waals surface area contributed by atoms with Crippen molar-refractivity contribution in [3.8, 4) is 5.75 Å². The number of carbonyl (C=O) groups is 2. The third-order valence-corrected chi connectivity index (χ3v) is 2.60. The first-order valence-electron chi connectivity index (χ1n) is 6.63. The zero-order valence-corrected chi connectivity index (χ0v) is 11.8. The molecule has 1 rings (SSSR count). The molecule has 0 spiro atoms. The van der Waals surface area contributed by atoms with E-state index in [4.69, 9.17) is 9.84 Å². The molecular weight excluding hydrogens is 277 g/mol. The molecule has 1 aromatic carbocycles. The number of halogens is 1. The lowest BCUT2D eigenvalue weighted by atomic mass is 10.2. The molecule has 2 N–H and O–H groups in total. The van der Waals surface area contributed by atoms with E-state index in [9.17, 15) is 14.0 Å². The zero-order chi connectivity index (χ0) is 15.7. The Kier molecular flexibility index (Phi) is 6.94. The first-order chi connectivity index (χ1) is 10.0.